The van der Waals surface area contributed by atoms with Crippen LogP contribution in [-0.4, -0.2) is 28.4 Å². The number of nitro groups is 1. The van der Waals surface area contributed by atoms with Gasteiger partial charge in [-0.15, -0.1) is 0 Å². The van der Waals surface area contributed by atoms with Crippen LogP contribution >= 0.6 is 0 Å². The molecule has 0 aliphatic heterocycles. The summed E-state index contributed by atoms with van der Waals surface area (Å²) in [5.41, 5.74) is 5.69. The second-order valence-electron chi connectivity index (χ2n) is 7.85. The number of nitrogens with zero attached hydrogens (tertiary/aromatic N) is 3. The molecule has 10 heteroatoms. The number of hydrogen-bond donors (Lipinski definition) is 2. The van der Waals surface area contributed by atoms with Gasteiger partial charge in [0.25, 0.3) is 23.4 Å². The number of non-ortho nitro benzene ring substituents is 1. The van der Waals surface area contributed by atoms with Crippen molar-refractivity contribution >= 4 is 34.8 Å². The maximum atomic E-state index is 13.9. The zero-order valence-electron chi connectivity index (χ0n) is 19.9. The van der Waals surface area contributed by atoms with Crippen molar-refractivity contribution < 1.29 is 19.3 Å². The van der Waals surface area contributed by atoms with Crippen LogP contribution in [-0.2, 0) is 4.79 Å². The average molecular weight is 508 g/mol. The Labute approximate surface area is 217 Å². The highest BCUT2D eigenvalue weighted by Gasteiger charge is 2.26. The number of nitro benzene ring substituents is 1. The first-order chi connectivity index (χ1) is 18.4. The van der Waals surface area contributed by atoms with Crippen LogP contribution in [0.3, 0.4) is 0 Å². The normalized spacial score (nSPS) is 10.8. The average Bonchev–Trinajstić information content (AvgIpc) is 2.97. The van der Waals surface area contributed by atoms with Crippen molar-refractivity contribution in [3.8, 4) is 0 Å². The third-order valence-corrected chi connectivity index (χ3v) is 5.33. The number of carbonyl (C=O) groups is 3. The van der Waals surface area contributed by atoms with E-state index in [9.17, 15) is 24.5 Å². The van der Waals surface area contributed by atoms with Gasteiger partial charge < -0.3 is 0 Å². The Morgan fingerprint density at radius 1 is 0.658 bits per heavy atom. The number of carbonyl (C=O) groups excluding carboxylic acids is 3. The van der Waals surface area contributed by atoms with Crippen molar-refractivity contribution in [3.63, 3.8) is 0 Å². The van der Waals surface area contributed by atoms with Gasteiger partial charge in [-0.3, -0.25) is 29.9 Å². The van der Waals surface area contributed by atoms with E-state index in [1.165, 1.54) is 24.3 Å². The number of amides is 3. The molecule has 0 saturated carbocycles. The molecule has 0 aromatic heterocycles. The Morgan fingerprint density at radius 2 is 1.13 bits per heavy atom. The molecule has 4 rings (SSSR count). The lowest BCUT2D eigenvalue weighted by Crippen LogP contribution is -2.50. The molecular formula is C28H21N5O5. The molecule has 0 saturated heterocycles. The van der Waals surface area contributed by atoms with Crippen LogP contribution in [0.4, 0.5) is 11.4 Å². The van der Waals surface area contributed by atoms with Gasteiger partial charge in [-0.25, -0.2) is 10.4 Å². The molecule has 0 radical (unpaired) electrons. The summed E-state index contributed by atoms with van der Waals surface area (Å²) in [5.74, 6) is -1.93. The second-order valence-corrected chi connectivity index (χ2v) is 7.85. The predicted octanol–water partition coefficient (Wildman–Crippen LogP) is 4.11. The van der Waals surface area contributed by atoms with Gasteiger partial charge >= 0.3 is 0 Å². The van der Waals surface area contributed by atoms with Crippen LogP contribution in [0.1, 0.15) is 26.3 Å². The van der Waals surface area contributed by atoms with Gasteiger partial charge in [0, 0.05) is 28.8 Å². The number of hydrogen-bond acceptors (Lipinski definition) is 6. The van der Waals surface area contributed by atoms with Gasteiger partial charge in [0.05, 0.1) is 10.6 Å². The number of benzene rings is 4. The van der Waals surface area contributed by atoms with E-state index in [1.54, 1.807) is 91.0 Å². The summed E-state index contributed by atoms with van der Waals surface area (Å²) in [7, 11) is 0. The minimum atomic E-state index is -0.789. The maximum Gasteiger partial charge on any atom is 0.298 e. The molecule has 4 aromatic rings. The second kappa shape index (κ2) is 11.9. The lowest BCUT2D eigenvalue weighted by atomic mass is 10.1. The molecule has 0 atom stereocenters. The molecule has 0 spiro atoms. The third kappa shape index (κ3) is 6.13. The lowest BCUT2D eigenvalue weighted by molar-refractivity contribution is -0.384. The molecule has 10 nitrogen and oxygen atoms in total. The summed E-state index contributed by atoms with van der Waals surface area (Å²) < 4.78 is 0. The van der Waals surface area contributed by atoms with Gasteiger partial charge in [0.2, 0.25) is 0 Å². The highest BCUT2D eigenvalue weighted by atomic mass is 16.6. The van der Waals surface area contributed by atoms with Crippen LogP contribution in [0, 0.1) is 10.1 Å². The highest BCUT2D eigenvalue weighted by Crippen LogP contribution is 2.20. The first-order valence-electron chi connectivity index (χ1n) is 11.4. The summed E-state index contributed by atoms with van der Waals surface area (Å²) in [5, 5.41) is 16.2. The largest absolute Gasteiger partial charge is 0.298 e. The fourth-order valence-electron chi connectivity index (χ4n) is 3.41. The van der Waals surface area contributed by atoms with Gasteiger partial charge in [0.15, 0.2) is 5.71 Å². The van der Waals surface area contributed by atoms with Crippen LogP contribution in [0.15, 0.2) is 120 Å². The fourth-order valence-corrected chi connectivity index (χ4v) is 3.41. The van der Waals surface area contributed by atoms with Crippen molar-refractivity contribution in [1.82, 2.24) is 10.9 Å². The van der Waals surface area contributed by atoms with E-state index in [4.69, 9.17) is 0 Å². The number of hydrazine groups is 1. The first kappa shape index (κ1) is 25.5. The van der Waals surface area contributed by atoms with E-state index < -0.39 is 22.6 Å². The van der Waals surface area contributed by atoms with E-state index >= 15 is 0 Å². The summed E-state index contributed by atoms with van der Waals surface area (Å²) >= 11 is 0. The molecule has 0 unspecified atom stereocenters. The van der Waals surface area contributed by atoms with Crippen LogP contribution in [0.2, 0.25) is 0 Å². The minimum absolute atomic E-state index is 0.142. The molecule has 0 aliphatic carbocycles. The first-order valence-corrected chi connectivity index (χ1v) is 11.4. The van der Waals surface area contributed by atoms with Crippen LogP contribution in [0.5, 0.6) is 0 Å². The number of anilines is 1. The molecule has 188 valence electrons. The molecule has 0 fully saturated rings. The Bertz CT molecular complexity index is 1470. The molecule has 38 heavy (non-hydrogen) atoms. The van der Waals surface area contributed by atoms with Crippen molar-refractivity contribution in [2.75, 3.05) is 5.01 Å². The molecular weight excluding hydrogens is 486 g/mol. The fraction of sp³-hybridized carbons (Fsp3) is 0. The Morgan fingerprint density at radius 3 is 1.63 bits per heavy atom. The summed E-state index contributed by atoms with van der Waals surface area (Å²) in [6.07, 6.45) is 0. The number of hydrazone groups is 1. The highest BCUT2D eigenvalue weighted by molar-refractivity contribution is 6.49. The van der Waals surface area contributed by atoms with Gasteiger partial charge in [0.1, 0.15) is 0 Å². The summed E-state index contributed by atoms with van der Waals surface area (Å²) in [6.45, 7) is 0. The Kier molecular flexibility index (Phi) is 7.95. The summed E-state index contributed by atoms with van der Waals surface area (Å²) in [6, 6.07) is 30.0. The van der Waals surface area contributed by atoms with Crippen molar-refractivity contribution in [1.29, 1.82) is 0 Å². The topological polar surface area (TPSA) is 134 Å². The van der Waals surface area contributed by atoms with Crippen molar-refractivity contribution in [3.05, 3.63) is 142 Å². The number of nitrogens with one attached hydrogen (secondary N) is 2. The molecule has 3 amide bonds. The van der Waals surface area contributed by atoms with E-state index in [2.05, 4.69) is 16.0 Å². The summed E-state index contributed by atoms with van der Waals surface area (Å²) in [4.78, 5) is 50.1. The Hall–Kier alpha value is -5.64. The van der Waals surface area contributed by atoms with Crippen molar-refractivity contribution in [2.24, 2.45) is 5.10 Å². The third-order valence-electron chi connectivity index (χ3n) is 5.33. The lowest BCUT2D eigenvalue weighted by Gasteiger charge is -2.24. The molecule has 4 aromatic carbocycles. The smallest absolute Gasteiger partial charge is 0.267 e. The zero-order valence-corrected chi connectivity index (χ0v) is 19.9. The van der Waals surface area contributed by atoms with Crippen LogP contribution < -0.4 is 15.9 Å². The monoisotopic (exact) mass is 507 g/mol. The SMILES string of the molecule is O=C(N/N=C(\C(=O)N(NC(=O)c1ccccc1)c1ccc([N+](=O)[O-])cc1)c1ccccc1)c1ccccc1. The molecule has 0 heterocycles. The van der Waals surface area contributed by atoms with Gasteiger partial charge in [-0.05, 0) is 36.4 Å². The predicted molar refractivity (Wildman–Crippen MR) is 141 cm³/mol. The molecule has 2 N–H and O–H groups in total. The van der Waals surface area contributed by atoms with Crippen molar-refractivity contribution in [2.45, 2.75) is 0 Å². The number of rotatable bonds is 7. The zero-order chi connectivity index (χ0) is 26.9. The molecule has 0 aliphatic rings. The Balaban J connectivity index is 1.73. The quantitative estimate of drug-likeness (QED) is 0.221. The maximum absolute atomic E-state index is 13.9. The van der Waals surface area contributed by atoms with Gasteiger partial charge in [-0.1, -0.05) is 66.7 Å². The van der Waals surface area contributed by atoms with E-state index in [1.807, 2.05) is 0 Å². The standard InChI is InChI=1S/C28H21N5O5/c34-26(21-12-6-2-7-13-21)30-29-25(20-10-4-1-5-11-20)28(36)32(23-16-18-24(19-17-23)33(37)38)31-27(35)22-14-8-3-9-15-22/h1-19H,(H,30,34)(H,31,35)/b29-25-. The minimum Gasteiger partial charge on any atom is -0.267 e. The van der Waals surface area contributed by atoms with Gasteiger partial charge in [-0.2, -0.15) is 5.10 Å². The van der Waals surface area contributed by atoms with E-state index in [0.29, 0.717) is 11.1 Å². The van der Waals surface area contributed by atoms with E-state index in [0.717, 1.165) is 5.01 Å². The van der Waals surface area contributed by atoms with Crippen LogP contribution in [0.25, 0.3) is 0 Å². The van der Waals surface area contributed by atoms with E-state index in [-0.39, 0.29) is 22.6 Å². The molecule has 0 bridgehead atoms.